The SMILES string of the molecule is CCOC(=O)c1ccc(SC2=CC=C(C(=O)OC(C)C)C=CC2)cc1. The molecule has 1 aliphatic carbocycles. The summed E-state index contributed by atoms with van der Waals surface area (Å²) in [5.41, 5.74) is 1.08. The molecule has 0 atom stereocenters. The van der Waals surface area contributed by atoms with Gasteiger partial charge in [-0.25, -0.2) is 9.59 Å². The number of thioether (sulfide) groups is 1. The first-order valence-electron chi connectivity index (χ1n) is 8.23. The van der Waals surface area contributed by atoms with Gasteiger partial charge in [0.1, 0.15) is 0 Å². The number of esters is 2. The first kappa shape index (κ1) is 19.1. The molecule has 0 spiro atoms. The van der Waals surface area contributed by atoms with Crippen molar-refractivity contribution >= 4 is 23.7 Å². The van der Waals surface area contributed by atoms with E-state index >= 15 is 0 Å². The highest BCUT2D eigenvalue weighted by atomic mass is 32.2. The Labute approximate surface area is 152 Å². The Kier molecular flexibility index (Phi) is 7.07. The minimum absolute atomic E-state index is 0.138. The maximum atomic E-state index is 12.0. The molecule has 0 bridgehead atoms. The van der Waals surface area contributed by atoms with E-state index in [1.54, 1.807) is 43.0 Å². The molecule has 4 nitrogen and oxygen atoms in total. The lowest BCUT2D eigenvalue weighted by Crippen LogP contribution is -2.12. The monoisotopic (exact) mass is 358 g/mol. The average Bonchev–Trinajstić information content (AvgIpc) is 2.81. The summed E-state index contributed by atoms with van der Waals surface area (Å²) in [4.78, 5) is 25.8. The lowest BCUT2D eigenvalue weighted by Gasteiger charge is -2.07. The lowest BCUT2D eigenvalue weighted by atomic mass is 10.2. The van der Waals surface area contributed by atoms with Crippen LogP contribution in [0.4, 0.5) is 0 Å². The number of carbonyl (C=O) groups is 2. The maximum Gasteiger partial charge on any atom is 0.338 e. The van der Waals surface area contributed by atoms with Crippen molar-refractivity contribution in [3.8, 4) is 0 Å². The van der Waals surface area contributed by atoms with Gasteiger partial charge in [0, 0.05) is 4.90 Å². The van der Waals surface area contributed by atoms with Gasteiger partial charge in [-0.3, -0.25) is 0 Å². The van der Waals surface area contributed by atoms with Crippen molar-refractivity contribution in [1.82, 2.24) is 0 Å². The van der Waals surface area contributed by atoms with Gasteiger partial charge in [-0.1, -0.05) is 30.0 Å². The van der Waals surface area contributed by atoms with Gasteiger partial charge in [-0.2, -0.15) is 0 Å². The van der Waals surface area contributed by atoms with Crippen molar-refractivity contribution in [3.63, 3.8) is 0 Å². The topological polar surface area (TPSA) is 52.6 Å². The van der Waals surface area contributed by atoms with Gasteiger partial charge in [0.15, 0.2) is 0 Å². The molecule has 0 aromatic heterocycles. The van der Waals surface area contributed by atoms with E-state index in [2.05, 4.69) is 0 Å². The minimum Gasteiger partial charge on any atom is -0.462 e. The molecule has 0 unspecified atom stereocenters. The van der Waals surface area contributed by atoms with E-state index < -0.39 is 0 Å². The van der Waals surface area contributed by atoms with Gasteiger partial charge in [-0.15, -0.1) is 0 Å². The molecule has 0 aliphatic heterocycles. The summed E-state index contributed by atoms with van der Waals surface area (Å²) in [6.07, 6.45) is 8.05. The molecular weight excluding hydrogens is 336 g/mol. The molecule has 0 heterocycles. The lowest BCUT2D eigenvalue weighted by molar-refractivity contribution is -0.142. The second-order valence-electron chi connectivity index (χ2n) is 5.66. The zero-order valence-corrected chi connectivity index (χ0v) is 15.5. The van der Waals surface area contributed by atoms with Crippen LogP contribution in [-0.2, 0) is 14.3 Å². The smallest absolute Gasteiger partial charge is 0.338 e. The first-order valence-corrected chi connectivity index (χ1v) is 9.04. The molecular formula is C20H22O4S. The highest BCUT2D eigenvalue weighted by Gasteiger charge is 2.12. The quantitative estimate of drug-likeness (QED) is 0.691. The molecule has 132 valence electrons. The van der Waals surface area contributed by atoms with E-state index in [1.807, 2.05) is 38.1 Å². The van der Waals surface area contributed by atoms with Crippen molar-refractivity contribution in [2.45, 2.75) is 38.2 Å². The number of carbonyl (C=O) groups excluding carboxylic acids is 2. The largest absolute Gasteiger partial charge is 0.462 e. The summed E-state index contributed by atoms with van der Waals surface area (Å²) < 4.78 is 10.2. The molecule has 1 aliphatic rings. The minimum atomic E-state index is -0.313. The number of hydrogen-bond donors (Lipinski definition) is 0. The van der Waals surface area contributed by atoms with E-state index in [0.717, 1.165) is 16.2 Å². The normalized spacial score (nSPS) is 13.8. The molecule has 1 aromatic rings. The molecule has 0 fully saturated rings. The van der Waals surface area contributed by atoms with Crippen LogP contribution in [0.25, 0.3) is 0 Å². The number of ether oxygens (including phenoxy) is 2. The summed E-state index contributed by atoms with van der Waals surface area (Å²) in [7, 11) is 0. The van der Waals surface area contributed by atoms with Crippen molar-refractivity contribution in [1.29, 1.82) is 0 Å². The Balaban J connectivity index is 2.04. The Morgan fingerprint density at radius 3 is 2.48 bits per heavy atom. The highest BCUT2D eigenvalue weighted by Crippen LogP contribution is 2.31. The van der Waals surface area contributed by atoms with Crippen LogP contribution in [0.15, 0.2) is 63.9 Å². The Bertz CT molecular complexity index is 712. The van der Waals surface area contributed by atoms with Crippen molar-refractivity contribution in [2.24, 2.45) is 0 Å². The third-order valence-corrected chi connectivity index (χ3v) is 4.33. The van der Waals surface area contributed by atoms with Crippen LogP contribution in [0, 0.1) is 0 Å². The molecule has 0 amide bonds. The maximum absolute atomic E-state index is 12.0. The van der Waals surface area contributed by atoms with Crippen molar-refractivity contribution in [2.75, 3.05) is 6.61 Å². The van der Waals surface area contributed by atoms with Crippen molar-refractivity contribution in [3.05, 3.63) is 64.6 Å². The Morgan fingerprint density at radius 1 is 1.12 bits per heavy atom. The number of allylic oxidation sites excluding steroid dienone is 4. The van der Waals surface area contributed by atoms with Gasteiger partial charge in [0.25, 0.3) is 0 Å². The van der Waals surface area contributed by atoms with E-state index in [0.29, 0.717) is 17.7 Å². The molecule has 0 N–H and O–H groups in total. The van der Waals surface area contributed by atoms with Crippen LogP contribution in [0.3, 0.4) is 0 Å². The van der Waals surface area contributed by atoms with E-state index in [9.17, 15) is 9.59 Å². The fourth-order valence-electron chi connectivity index (χ4n) is 2.13. The molecule has 0 radical (unpaired) electrons. The van der Waals surface area contributed by atoms with Crippen LogP contribution >= 0.6 is 11.8 Å². The van der Waals surface area contributed by atoms with Gasteiger partial charge < -0.3 is 9.47 Å². The summed E-state index contributed by atoms with van der Waals surface area (Å²) in [6.45, 7) is 5.81. The van der Waals surface area contributed by atoms with Crippen LogP contribution in [0.2, 0.25) is 0 Å². The summed E-state index contributed by atoms with van der Waals surface area (Å²) in [5.74, 6) is -0.626. The predicted octanol–water partition coefficient (Wildman–Crippen LogP) is 4.68. The Hall–Kier alpha value is -2.27. The van der Waals surface area contributed by atoms with Gasteiger partial charge in [0.2, 0.25) is 0 Å². The summed E-state index contributed by atoms with van der Waals surface area (Å²) >= 11 is 1.60. The van der Waals surface area contributed by atoms with Gasteiger partial charge in [-0.05, 0) is 62.4 Å². The van der Waals surface area contributed by atoms with E-state index in [1.165, 1.54) is 0 Å². The fraction of sp³-hybridized carbons (Fsp3) is 0.300. The predicted molar refractivity (Wildman–Crippen MR) is 99.4 cm³/mol. The Morgan fingerprint density at radius 2 is 1.84 bits per heavy atom. The van der Waals surface area contributed by atoms with Crippen molar-refractivity contribution < 1.29 is 19.1 Å². The molecule has 1 aromatic carbocycles. The van der Waals surface area contributed by atoms with Crippen LogP contribution < -0.4 is 0 Å². The first-order chi connectivity index (χ1) is 12.0. The number of rotatable bonds is 6. The molecule has 2 rings (SSSR count). The standard InChI is InChI=1S/C20H22O4S/c1-4-23-19(21)16-9-12-18(13-10-16)25-17-7-5-6-15(8-11-17)20(22)24-14(2)3/h5-6,8-14H,4,7H2,1-3H3. The fourth-order valence-corrected chi connectivity index (χ4v) is 3.02. The number of hydrogen-bond acceptors (Lipinski definition) is 5. The summed E-state index contributed by atoms with van der Waals surface area (Å²) in [5, 5.41) is 0. The van der Waals surface area contributed by atoms with Crippen LogP contribution in [0.1, 0.15) is 37.6 Å². The van der Waals surface area contributed by atoms with Gasteiger partial charge in [0.05, 0.1) is 23.8 Å². The highest BCUT2D eigenvalue weighted by molar-refractivity contribution is 8.03. The average molecular weight is 358 g/mol. The second kappa shape index (κ2) is 9.28. The van der Waals surface area contributed by atoms with Gasteiger partial charge >= 0.3 is 11.9 Å². The van der Waals surface area contributed by atoms with Crippen LogP contribution in [0.5, 0.6) is 0 Å². The third-order valence-electron chi connectivity index (χ3n) is 3.26. The van der Waals surface area contributed by atoms with Crippen LogP contribution in [-0.4, -0.2) is 24.6 Å². The second-order valence-corrected chi connectivity index (χ2v) is 6.86. The zero-order valence-electron chi connectivity index (χ0n) is 14.7. The molecule has 5 heteroatoms. The molecule has 0 saturated heterocycles. The van der Waals surface area contributed by atoms with E-state index in [4.69, 9.17) is 9.47 Å². The third kappa shape index (κ3) is 5.94. The summed E-state index contributed by atoms with van der Waals surface area (Å²) in [6, 6.07) is 7.30. The molecule has 0 saturated carbocycles. The molecule has 25 heavy (non-hydrogen) atoms. The zero-order chi connectivity index (χ0) is 18.2. The van der Waals surface area contributed by atoms with E-state index in [-0.39, 0.29) is 18.0 Å². The number of benzene rings is 1.